The summed E-state index contributed by atoms with van der Waals surface area (Å²) in [5.74, 6) is -0.894. The number of nitrogens with one attached hydrogen (secondary N) is 1. The van der Waals surface area contributed by atoms with E-state index >= 15 is 0 Å². The molecule has 0 aliphatic heterocycles. The van der Waals surface area contributed by atoms with Crippen molar-refractivity contribution in [3.8, 4) is 0 Å². The highest BCUT2D eigenvalue weighted by Gasteiger charge is 2.26. The second kappa shape index (κ2) is 24.7. The lowest BCUT2D eigenvalue weighted by atomic mass is 10.0. The Morgan fingerprint density at radius 2 is 1.00 bits per heavy atom. The largest absolute Gasteiger partial charge is 0.391 e. The van der Waals surface area contributed by atoms with Gasteiger partial charge in [-0.25, -0.2) is 0 Å². The molecule has 0 rings (SSSR count). The van der Waals surface area contributed by atoms with Gasteiger partial charge in [0.2, 0.25) is 5.91 Å². The van der Waals surface area contributed by atoms with Crippen LogP contribution in [0.2, 0.25) is 0 Å². The van der Waals surface area contributed by atoms with Gasteiger partial charge in [0.05, 0.1) is 17.9 Å². The summed E-state index contributed by atoms with van der Waals surface area (Å²) < 4.78 is 32.1. The van der Waals surface area contributed by atoms with Gasteiger partial charge in [0.1, 0.15) is 0 Å². The predicted octanol–water partition coefficient (Wildman–Crippen LogP) is 7.73. The highest BCUT2D eigenvalue weighted by molar-refractivity contribution is 7.85. The van der Waals surface area contributed by atoms with E-state index in [4.69, 9.17) is 0 Å². The van der Waals surface area contributed by atoms with Gasteiger partial charge in [-0.05, 0) is 12.8 Å². The average Bonchev–Trinajstić information content (AvgIpc) is 2.82. The number of hydrogen-bond donors (Lipinski definition) is 3. The maximum Gasteiger partial charge on any atom is 0.266 e. The summed E-state index contributed by atoms with van der Waals surface area (Å²) in [4.78, 5) is 12.3. The Kier molecular flexibility index (Phi) is 24.2. The quantitative estimate of drug-likeness (QED) is 0.0740. The number of unbranched alkanes of at least 4 members (excludes halogenated alkanes) is 19. The van der Waals surface area contributed by atoms with E-state index in [-0.39, 0.29) is 5.91 Å². The molecule has 0 aromatic heterocycles. The minimum absolute atomic E-state index is 0.251. The molecule has 0 aliphatic carbocycles. The Morgan fingerprint density at radius 3 is 1.39 bits per heavy atom. The van der Waals surface area contributed by atoms with Crippen LogP contribution >= 0.6 is 0 Å². The highest BCUT2D eigenvalue weighted by atomic mass is 32.2. The lowest BCUT2D eigenvalue weighted by Crippen LogP contribution is -2.47. The zero-order chi connectivity index (χ0) is 26.9. The molecule has 0 saturated heterocycles. The van der Waals surface area contributed by atoms with Gasteiger partial charge in [-0.3, -0.25) is 9.35 Å². The van der Waals surface area contributed by atoms with Crippen LogP contribution in [-0.4, -0.2) is 41.9 Å². The molecule has 216 valence electrons. The molecule has 0 aliphatic rings. The molecular formula is C29H59NO5S. The van der Waals surface area contributed by atoms with Crippen LogP contribution in [-0.2, 0) is 14.9 Å². The topological polar surface area (TPSA) is 104 Å². The van der Waals surface area contributed by atoms with Crippen LogP contribution < -0.4 is 5.32 Å². The highest BCUT2D eigenvalue weighted by Crippen LogP contribution is 2.15. The molecule has 3 N–H and O–H groups in total. The van der Waals surface area contributed by atoms with E-state index in [1.807, 2.05) is 0 Å². The molecule has 0 saturated carbocycles. The number of aliphatic hydroxyl groups excluding tert-OH is 1. The molecule has 0 aromatic carbocycles. The number of hydrogen-bond acceptors (Lipinski definition) is 4. The van der Waals surface area contributed by atoms with Crippen LogP contribution in [0.15, 0.2) is 0 Å². The van der Waals surface area contributed by atoms with E-state index in [1.54, 1.807) is 0 Å². The van der Waals surface area contributed by atoms with E-state index < -0.39 is 28.0 Å². The lowest BCUT2D eigenvalue weighted by Gasteiger charge is -2.23. The second-order valence-corrected chi connectivity index (χ2v) is 12.2. The van der Waals surface area contributed by atoms with Crippen molar-refractivity contribution in [2.24, 2.45) is 0 Å². The summed E-state index contributed by atoms with van der Waals surface area (Å²) in [6.45, 7) is 4.44. The number of carbonyl (C=O) groups is 1. The van der Waals surface area contributed by atoms with Gasteiger partial charge in [-0.2, -0.15) is 8.42 Å². The van der Waals surface area contributed by atoms with E-state index in [0.717, 1.165) is 38.5 Å². The van der Waals surface area contributed by atoms with Crippen molar-refractivity contribution in [3.05, 3.63) is 0 Å². The van der Waals surface area contributed by atoms with Crippen molar-refractivity contribution in [3.63, 3.8) is 0 Å². The standard InChI is InChI=1S/C29H59NO5S/c1-3-5-7-9-11-13-14-15-16-17-18-20-22-24-28(31)27(26-36(33,34)35)30-29(32)25-23-21-19-12-10-8-6-4-2/h27-28,31H,3-26H2,1-2H3,(H,30,32)(H,33,34,35). The average molecular weight is 534 g/mol. The zero-order valence-electron chi connectivity index (χ0n) is 23.7. The fourth-order valence-electron chi connectivity index (χ4n) is 4.75. The van der Waals surface area contributed by atoms with Crippen molar-refractivity contribution in [2.75, 3.05) is 5.75 Å². The Balaban J connectivity index is 3.99. The van der Waals surface area contributed by atoms with Crippen molar-refractivity contribution in [2.45, 2.75) is 174 Å². The van der Waals surface area contributed by atoms with Gasteiger partial charge in [0.25, 0.3) is 10.1 Å². The molecule has 2 unspecified atom stereocenters. The van der Waals surface area contributed by atoms with Crippen LogP contribution in [0, 0.1) is 0 Å². The third kappa shape index (κ3) is 25.0. The third-order valence-electron chi connectivity index (χ3n) is 7.06. The first kappa shape index (κ1) is 35.3. The summed E-state index contributed by atoms with van der Waals surface area (Å²) in [6, 6.07) is -0.959. The van der Waals surface area contributed by atoms with Crippen molar-refractivity contribution in [1.29, 1.82) is 0 Å². The SMILES string of the molecule is CCCCCCCCCCCCCCCC(O)C(CS(=O)(=O)O)NC(=O)CCCCCCCCCC. The van der Waals surface area contributed by atoms with Crippen LogP contribution in [0.3, 0.4) is 0 Å². The Morgan fingerprint density at radius 1 is 0.639 bits per heavy atom. The van der Waals surface area contributed by atoms with Gasteiger partial charge in [-0.15, -0.1) is 0 Å². The van der Waals surface area contributed by atoms with Crippen LogP contribution in [0.4, 0.5) is 0 Å². The minimum Gasteiger partial charge on any atom is -0.391 e. The summed E-state index contributed by atoms with van der Waals surface area (Å²) in [7, 11) is -4.29. The van der Waals surface area contributed by atoms with Crippen LogP contribution in [0.5, 0.6) is 0 Å². The molecule has 0 spiro atoms. The maximum absolute atomic E-state index is 12.3. The molecule has 6 nitrogen and oxygen atoms in total. The normalized spacial score (nSPS) is 13.6. The number of aliphatic hydroxyl groups is 1. The van der Waals surface area contributed by atoms with Gasteiger partial charge in [0, 0.05) is 6.42 Å². The number of carbonyl (C=O) groups excluding carboxylic acids is 1. The van der Waals surface area contributed by atoms with E-state index in [0.29, 0.717) is 12.8 Å². The molecule has 2 atom stereocenters. The molecule has 0 fully saturated rings. The van der Waals surface area contributed by atoms with Crippen LogP contribution in [0.1, 0.15) is 162 Å². The molecular weight excluding hydrogens is 474 g/mol. The zero-order valence-corrected chi connectivity index (χ0v) is 24.5. The summed E-state index contributed by atoms with van der Waals surface area (Å²) in [5, 5.41) is 13.2. The van der Waals surface area contributed by atoms with E-state index in [9.17, 15) is 22.9 Å². The second-order valence-electron chi connectivity index (χ2n) is 10.7. The minimum atomic E-state index is -4.29. The fourth-order valence-corrected chi connectivity index (χ4v) is 5.51. The summed E-state index contributed by atoms with van der Waals surface area (Å²) >= 11 is 0. The first-order chi connectivity index (χ1) is 17.3. The molecule has 36 heavy (non-hydrogen) atoms. The molecule has 0 radical (unpaired) electrons. The van der Waals surface area contributed by atoms with E-state index in [2.05, 4.69) is 19.2 Å². The summed E-state index contributed by atoms with van der Waals surface area (Å²) in [5.41, 5.74) is 0. The predicted molar refractivity (Wildman–Crippen MR) is 152 cm³/mol. The maximum atomic E-state index is 12.3. The Hall–Kier alpha value is -0.660. The van der Waals surface area contributed by atoms with Gasteiger partial charge in [-0.1, -0.05) is 142 Å². The number of rotatable bonds is 27. The number of amides is 1. The van der Waals surface area contributed by atoms with Gasteiger partial charge < -0.3 is 10.4 Å². The Bertz CT molecular complexity index is 596. The van der Waals surface area contributed by atoms with Crippen molar-refractivity contribution in [1.82, 2.24) is 5.32 Å². The van der Waals surface area contributed by atoms with Crippen molar-refractivity contribution < 1.29 is 22.9 Å². The molecule has 1 amide bonds. The first-order valence-corrected chi connectivity index (χ1v) is 16.8. The molecule has 0 aromatic rings. The summed E-state index contributed by atoms with van der Waals surface area (Å²) in [6.07, 6.45) is 24.8. The monoisotopic (exact) mass is 533 g/mol. The third-order valence-corrected chi connectivity index (χ3v) is 7.84. The Labute approximate surface area is 223 Å². The van der Waals surface area contributed by atoms with Crippen molar-refractivity contribution >= 4 is 16.0 Å². The van der Waals surface area contributed by atoms with E-state index in [1.165, 1.54) is 96.3 Å². The fraction of sp³-hybridized carbons (Fsp3) is 0.966. The molecule has 0 heterocycles. The molecule has 0 bridgehead atoms. The first-order valence-electron chi connectivity index (χ1n) is 15.2. The van der Waals surface area contributed by atoms with Crippen LogP contribution in [0.25, 0.3) is 0 Å². The lowest BCUT2D eigenvalue weighted by molar-refractivity contribution is -0.122. The smallest absolute Gasteiger partial charge is 0.266 e. The van der Waals surface area contributed by atoms with Gasteiger partial charge in [0.15, 0.2) is 0 Å². The van der Waals surface area contributed by atoms with Gasteiger partial charge >= 0.3 is 0 Å². The molecule has 7 heteroatoms.